The fourth-order valence-corrected chi connectivity index (χ4v) is 3.60. The number of benzene rings is 1. The number of nitrogens with one attached hydrogen (secondary N) is 1. The minimum absolute atomic E-state index is 0.0344. The van der Waals surface area contributed by atoms with Crippen molar-refractivity contribution in [1.82, 2.24) is 15.1 Å². The highest BCUT2D eigenvalue weighted by Gasteiger charge is 2.28. The van der Waals surface area contributed by atoms with Gasteiger partial charge in [0.2, 0.25) is 11.8 Å². The first-order chi connectivity index (χ1) is 13.0. The first-order valence-electron chi connectivity index (χ1n) is 10.1. The van der Waals surface area contributed by atoms with Gasteiger partial charge in [-0.1, -0.05) is 18.6 Å². The summed E-state index contributed by atoms with van der Waals surface area (Å²) in [5, 5.41) is 3.00. The third-order valence-corrected chi connectivity index (χ3v) is 5.20. The van der Waals surface area contributed by atoms with Crippen molar-refractivity contribution < 1.29 is 14.0 Å². The molecule has 1 fully saturated rings. The van der Waals surface area contributed by atoms with Crippen molar-refractivity contribution >= 4 is 11.8 Å². The fraction of sp³-hybridized carbons (Fsp3) is 0.619. The van der Waals surface area contributed by atoms with Crippen LogP contribution in [0.15, 0.2) is 24.3 Å². The molecule has 1 heterocycles. The average Bonchev–Trinajstić information content (AvgIpc) is 2.68. The Morgan fingerprint density at radius 1 is 1.19 bits per heavy atom. The molecule has 0 saturated carbocycles. The normalized spacial score (nSPS) is 17.5. The van der Waals surface area contributed by atoms with Crippen molar-refractivity contribution in [3.8, 4) is 0 Å². The standard InChI is InChI=1S/C21H32FN3O2/c1-3-24(4-2)20(26)9-7-14-23-21(27)19-8-5-6-15-25(19)16-17-10-12-18(22)13-11-17/h10-13,19H,3-9,14-16H2,1-2H3,(H,23,27). The van der Waals surface area contributed by atoms with Crippen molar-refractivity contribution in [1.29, 1.82) is 0 Å². The van der Waals surface area contributed by atoms with Gasteiger partial charge in [-0.25, -0.2) is 4.39 Å². The predicted molar refractivity (Wildman–Crippen MR) is 105 cm³/mol. The Kier molecular flexibility index (Phi) is 8.72. The van der Waals surface area contributed by atoms with Crippen LogP contribution >= 0.6 is 0 Å². The number of nitrogens with zero attached hydrogens (tertiary/aromatic N) is 2. The van der Waals surface area contributed by atoms with Gasteiger partial charge in [0.15, 0.2) is 0 Å². The molecule has 2 rings (SSSR count). The lowest BCUT2D eigenvalue weighted by Crippen LogP contribution is -2.49. The van der Waals surface area contributed by atoms with Crippen molar-refractivity contribution in [2.45, 2.75) is 58.5 Å². The summed E-state index contributed by atoms with van der Waals surface area (Å²) in [5.41, 5.74) is 1.01. The highest BCUT2D eigenvalue weighted by molar-refractivity contribution is 5.82. The van der Waals surface area contributed by atoms with E-state index in [2.05, 4.69) is 10.2 Å². The topological polar surface area (TPSA) is 52.7 Å². The summed E-state index contributed by atoms with van der Waals surface area (Å²) in [7, 11) is 0. The molecule has 1 saturated heterocycles. The Morgan fingerprint density at radius 2 is 1.89 bits per heavy atom. The molecule has 0 bridgehead atoms. The quantitative estimate of drug-likeness (QED) is 0.673. The average molecular weight is 378 g/mol. The molecule has 5 nitrogen and oxygen atoms in total. The number of amides is 2. The molecule has 0 aromatic heterocycles. The van der Waals surface area contributed by atoms with Crippen molar-refractivity contribution in [2.75, 3.05) is 26.2 Å². The van der Waals surface area contributed by atoms with Crippen LogP contribution in [0.4, 0.5) is 4.39 Å². The van der Waals surface area contributed by atoms with E-state index in [1.54, 1.807) is 12.1 Å². The lowest BCUT2D eigenvalue weighted by Gasteiger charge is -2.34. The van der Waals surface area contributed by atoms with Crippen molar-refractivity contribution in [2.24, 2.45) is 0 Å². The molecule has 1 N–H and O–H groups in total. The van der Waals surface area contributed by atoms with Crippen LogP contribution in [0.5, 0.6) is 0 Å². The second-order valence-electron chi connectivity index (χ2n) is 7.07. The van der Waals surface area contributed by atoms with E-state index in [1.807, 2.05) is 18.7 Å². The summed E-state index contributed by atoms with van der Waals surface area (Å²) < 4.78 is 13.1. The van der Waals surface area contributed by atoms with E-state index in [0.717, 1.165) is 44.5 Å². The first kappa shape index (κ1) is 21.4. The highest BCUT2D eigenvalue weighted by Crippen LogP contribution is 2.20. The Bertz CT molecular complexity index is 602. The monoisotopic (exact) mass is 377 g/mol. The van der Waals surface area contributed by atoms with Gasteiger partial charge in [-0.3, -0.25) is 14.5 Å². The number of likely N-dealkylation sites (tertiary alicyclic amines) is 1. The molecule has 1 aliphatic heterocycles. The van der Waals surface area contributed by atoms with Gasteiger partial charge in [0.25, 0.3) is 0 Å². The summed E-state index contributed by atoms with van der Waals surface area (Å²) in [6, 6.07) is 6.32. The van der Waals surface area contributed by atoms with Gasteiger partial charge in [-0.05, 0) is 57.4 Å². The van der Waals surface area contributed by atoms with E-state index >= 15 is 0 Å². The zero-order chi connectivity index (χ0) is 19.6. The molecule has 0 spiro atoms. The van der Waals surface area contributed by atoms with Crippen LogP contribution in [0, 0.1) is 5.82 Å². The Morgan fingerprint density at radius 3 is 2.56 bits per heavy atom. The number of halogens is 1. The molecule has 0 aliphatic carbocycles. The van der Waals surface area contributed by atoms with E-state index in [4.69, 9.17) is 0 Å². The van der Waals surface area contributed by atoms with Gasteiger partial charge in [0.1, 0.15) is 5.82 Å². The second kappa shape index (κ2) is 11.0. The summed E-state index contributed by atoms with van der Waals surface area (Å²) in [4.78, 5) is 28.6. The molecule has 1 aromatic carbocycles. The van der Waals surface area contributed by atoms with Gasteiger partial charge >= 0.3 is 0 Å². The Labute approximate surface area is 161 Å². The molecule has 2 amide bonds. The molecular formula is C21H32FN3O2. The maximum Gasteiger partial charge on any atom is 0.237 e. The van der Waals surface area contributed by atoms with Gasteiger partial charge < -0.3 is 10.2 Å². The fourth-order valence-electron chi connectivity index (χ4n) is 3.60. The molecule has 1 aromatic rings. The number of rotatable bonds is 9. The van der Waals surface area contributed by atoms with E-state index in [-0.39, 0.29) is 23.7 Å². The van der Waals surface area contributed by atoms with Gasteiger partial charge in [0.05, 0.1) is 6.04 Å². The van der Waals surface area contributed by atoms with Gasteiger partial charge in [0, 0.05) is 32.6 Å². The molecule has 27 heavy (non-hydrogen) atoms. The van der Waals surface area contributed by atoms with Crippen LogP contribution in [-0.4, -0.2) is 53.8 Å². The zero-order valence-corrected chi connectivity index (χ0v) is 16.5. The molecule has 6 heteroatoms. The lowest BCUT2D eigenvalue weighted by atomic mass is 10.00. The minimum Gasteiger partial charge on any atom is -0.355 e. The van der Waals surface area contributed by atoms with E-state index in [9.17, 15) is 14.0 Å². The molecule has 1 aliphatic rings. The summed E-state index contributed by atoms with van der Waals surface area (Å²) in [5.74, 6) is -0.0668. The zero-order valence-electron chi connectivity index (χ0n) is 16.5. The maximum absolute atomic E-state index is 13.1. The van der Waals surface area contributed by atoms with E-state index in [0.29, 0.717) is 25.9 Å². The second-order valence-corrected chi connectivity index (χ2v) is 7.07. The maximum atomic E-state index is 13.1. The number of carbonyl (C=O) groups excluding carboxylic acids is 2. The third kappa shape index (κ3) is 6.61. The molecular weight excluding hydrogens is 345 g/mol. The highest BCUT2D eigenvalue weighted by atomic mass is 19.1. The molecule has 150 valence electrons. The summed E-state index contributed by atoms with van der Waals surface area (Å²) in [6.45, 7) is 7.44. The number of piperidine rings is 1. The summed E-state index contributed by atoms with van der Waals surface area (Å²) in [6.07, 6.45) is 4.07. The van der Waals surface area contributed by atoms with Crippen LogP contribution < -0.4 is 5.32 Å². The van der Waals surface area contributed by atoms with E-state index < -0.39 is 0 Å². The van der Waals surface area contributed by atoms with Gasteiger partial charge in [-0.2, -0.15) is 0 Å². The smallest absolute Gasteiger partial charge is 0.237 e. The number of carbonyl (C=O) groups is 2. The van der Waals surface area contributed by atoms with Crippen LogP contribution in [0.2, 0.25) is 0 Å². The summed E-state index contributed by atoms with van der Waals surface area (Å²) >= 11 is 0. The Hall–Kier alpha value is -1.95. The molecule has 0 radical (unpaired) electrons. The minimum atomic E-state index is -0.244. The van der Waals surface area contributed by atoms with E-state index in [1.165, 1.54) is 12.1 Å². The van der Waals surface area contributed by atoms with Crippen molar-refractivity contribution in [3.63, 3.8) is 0 Å². The first-order valence-corrected chi connectivity index (χ1v) is 10.1. The van der Waals surface area contributed by atoms with Crippen LogP contribution in [0.1, 0.15) is 51.5 Å². The predicted octanol–water partition coefficient (Wildman–Crippen LogP) is 2.95. The lowest BCUT2D eigenvalue weighted by molar-refractivity contribution is -0.131. The molecule has 1 atom stereocenters. The van der Waals surface area contributed by atoms with Gasteiger partial charge in [-0.15, -0.1) is 0 Å². The number of hydrogen-bond acceptors (Lipinski definition) is 3. The molecule has 1 unspecified atom stereocenters. The number of hydrogen-bond donors (Lipinski definition) is 1. The largest absolute Gasteiger partial charge is 0.355 e. The Balaban J connectivity index is 1.80. The third-order valence-electron chi connectivity index (χ3n) is 5.20. The van der Waals surface area contributed by atoms with Crippen LogP contribution in [-0.2, 0) is 16.1 Å². The SMILES string of the molecule is CCN(CC)C(=O)CCCNC(=O)C1CCCCN1Cc1ccc(F)cc1. The van der Waals surface area contributed by atoms with Crippen molar-refractivity contribution in [3.05, 3.63) is 35.6 Å². The van der Waals surface area contributed by atoms with Crippen LogP contribution in [0.3, 0.4) is 0 Å². The van der Waals surface area contributed by atoms with Crippen LogP contribution in [0.25, 0.3) is 0 Å².